The third-order valence-electron chi connectivity index (χ3n) is 3.37. The number of nitrogens with one attached hydrogen (secondary N) is 2. The fourth-order valence-corrected chi connectivity index (χ4v) is 3.45. The molecule has 0 aliphatic carbocycles. The number of thiophene rings is 1. The first kappa shape index (κ1) is 17.3. The zero-order valence-electron chi connectivity index (χ0n) is 14.3. The van der Waals surface area contributed by atoms with E-state index in [1.54, 1.807) is 12.1 Å². The number of rotatable bonds is 4. The monoisotopic (exact) mass is 358 g/mol. The second-order valence-corrected chi connectivity index (χ2v) is 7.76. The summed E-state index contributed by atoms with van der Waals surface area (Å²) >= 11 is 1.51. The first-order valence-electron chi connectivity index (χ1n) is 7.87. The van der Waals surface area contributed by atoms with Gasteiger partial charge in [-0.05, 0) is 44.5 Å². The highest BCUT2D eigenvalue weighted by molar-refractivity contribution is 7.22. The molecule has 0 spiro atoms. The molecule has 0 radical (unpaired) electrons. The fourth-order valence-electron chi connectivity index (χ4n) is 2.36. The summed E-state index contributed by atoms with van der Waals surface area (Å²) in [6.07, 6.45) is 1.47. The molecule has 1 aromatic carbocycles. The Morgan fingerprint density at radius 1 is 1.20 bits per heavy atom. The van der Waals surface area contributed by atoms with Crippen molar-refractivity contribution >= 4 is 33.3 Å². The van der Waals surface area contributed by atoms with Crippen LogP contribution in [0.4, 0.5) is 10.2 Å². The molecular weight excluding hydrogens is 339 g/mol. The number of anilines is 1. The van der Waals surface area contributed by atoms with Gasteiger partial charge < -0.3 is 10.6 Å². The molecule has 3 rings (SSSR count). The highest BCUT2D eigenvalue weighted by atomic mass is 32.1. The van der Waals surface area contributed by atoms with Crippen LogP contribution >= 0.6 is 11.3 Å². The van der Waals surface area contributed by atoms with E-state index in [1.165, 1.54) is 29.8 Å². The molecule has 25 heavy (non-hydrogen) atoms. The zero-order valence-corrected chi connectivity index (χ0v) is 15.1. The van der Waals surface area contributed by atoms with Crippen molar-refractivity contribution in [2.24, 2.45) is 0 Å². The molecule has 0 bridgehead atoms. The molecule has 0 aliphatic heterocycles. The average Bonchev–Trinajstić information content (AvgIpc) is 2.96. The van der Waals surface area contributed by atoms with E-state index in [4.69, 9.17) is 0 Å². The molecule has 130 valence electrons. The maximum Gasteiger partial charge on any atom is 0.239 e. The van der Waals surface area contributed by atoms with Crippen molar-refractivity contribution in [1.82, 2.24) is 15.3 Å². The number of amides is 1. The molecule has 0 saturated carbocycles. The predicted molar refractivity (Wildman–Crippen MR) is 99.2 cm³/mol. The van der Waals surface area contributed by atoms with Gasteiger partial charge in [0.15, 0.2) is 0 Å². The minimum Gasteiger partial charge on any atom is -0.360 e. The lowest BCUT2D eigenvalue weighted by molar-refractivity contribution is -0.120. The lowest BCUT2D eigenvalue weighted by Gasteiger charge is -2.20. The molecule has 7 heteroatoms. The van der Waals surface area contributed by atoms with Gasteiger partial charge >= 0.3 is 0 Å². The lowest BCUT2D eigenvalue weighted by atomic mass is 10.1. The number of fused-ring (bicyclic) bond motifs is 1. The Labute approximate surface area is 149 Å². The Kier molecular flexibility index (Phi) is 4.67. The predicted octanol–water partition coefficient (Wildman–Crippen LogP) is 3.82. The van der Waals surface area contributed by atoms with Gasteiger partial charge in [0.25, 0.3) is 0 Å². The van der Waals surface area contributed by atoms with Gasteiger partial charge in [-0.15, -0.1) is 11.3 Å². The molecule has 0 aliphatic rings. The van der Waals surface area contributed by atoms with E-state index in [-0.39, 0.29) is 23.8 Å². The Morgan fingerprint density at radius 2 is 1.92 bits per heavy atom. The SMILES string of the molecule is CC(C)(C)NC(=O)CNc1ncnc2cc(-c3ccc(F)cc3)sc12. The number of halogens is 1. The molecule has 0 saturated heterocycles. The van der Waals surface area contributed by atoms with Crippen LogP contribution in [0.3, 0.4) is 0 Å². The van der Waals surface area contributed by atoms with Crippen molar-refractivity contribution < 1.29 is 9.18 Å². The summed E-state index contributed by atoms with van der Waals surface area (Å²) < 4.78 is 14.0. The minimum absolute atomic E-state index is 0.102. The summed E-state index contributed by atoms with van der Waals surface area (Å²) in [5.41, 5.74) is 1.43. The summed E-state index contributed by atoms with van der Waals surface area (Å²) in [4.78, 5) is 21.5. The number of hydrogen-bond donors (Lipinski definition) is 2. The molecule has 0 unspecified atom stereocenters. The summed E-state index contributed by atoms with van der Waals surface area (Å²) in [7, 11) is 0. The zero-order chi connectivity index (χ0) is 18.0. The van der Waals surface area contributed by atoms with Crippen LogP contribution in [0.15, 0.2) is 36.7 Å². The Morgan fingerprint density at radius 3 is 2.60 bits per heavy atom. The van der Waals surface area contributed by atoms with Gasteiger partial charge in [-0.2, -0.15) is 0 Å². The van der Waals surface area contributed by atoms with Crippen LogP contribution < -0.4 is 10.6 Å². The van der Waals surface area contributed by atoms with Gasteiger partial charge in [-0.3, -0.25) is 4.79 Å². The highest BCUT2D eigenvalue weighted by Crippen LogP contribution is 2.35. The second-order valence-electron chi connectivity index (χ2n) is 6.71. The van der Waals surface area contributed by atoms with E-state index in [2.05, 4.69) is 20.6 Å². The van der Waals surface area contributed by atoms with Crippen LogP contribution in [0.2, 0.25) is 0 Å². The van der Waals surface area contributed by atoms with E-state index in [1.807, 2.05) is 26.8 Å². The topological polar surface area (TPSA) is 66.9 Å². The quantitative estimate of drug-likeness (QED) is 0.744. The number of carbonyl (C=O) groups excluding carboxylic acids is 1. The van der Waals surface area contributed by atoms with Crippen LogP contribution in [0.25, 0.3) is 20.7 Å². The third kappa shape index (κ3) is 4.30. The minimum atomic E-state index is -0.279. The smallest absolute Gasteiger partial charge is 0.239 e. The summed E-state index contributed by atoms with van der Waals surface area (Å²) in [5, 5.41) is 5.97. The number of carbonyl (C=O) groups is 1. The van der Waals surface area contributed by atoms with Crippen LogP contribution in [0, 0.1) is 5.82 Å². The van der Waals surface area contributed by atoms with E-state index >= 15 is 0 Å². The molecule has 5 nitrogen and oxygen atoms in total. The van der Waals surface area contributed by atoms with Crippen molar-refractivity contribution in [2.45, 2.75) is 26.3 Å². The van der Waals surface area contributed by atoms with Gasteiger partial charge in [0.1, 0.15) is 18.0 Å². The fraction of sp³-hybridized carbons (Fsp3) is 0.278. The molecule has 2 N–H and O–H groups in total. The van der Waals surface area contributed by atoms with Crippen molar-refractivity contribution in [3.05, 3.63) is 42.5 Å². The Bertz CT molecular complexity index is 900. The molecule has 3 aromatic rings. The van der Waals surface area contributed by atoms with E-state index < -0.39 is 0 Å². The molecule has 1 amide bonds. The van der Waals surface area contributed by atoms with Gasteiger partial charge in [-0.1, -0.05) is 12.1 Å². The van der Waals surface area contributed by atoms with Crippen molar-refractivity contribution in [3.63, 3.8) is 0 Å². The van der Waals surface area contributed by atoms with Crippen LogP contribution in [-0.2, 0) is 4.79 Å². The van der Waals surface area contributed by atoms with Crippen molar-refractivity contribution in [2.75, 3.05) is 11.9 Å². The van der Waals surface area contributed by atoms with Crippen molar-refractivity contribution in [1.29, 1.82) is 0 Å². The molecule has 2 aromatic heterocycles. The normalized spacial score (nSPS) is 11.5. The maximum absolute atomic E-state index is 13.1. The first-order chi connectivity index (χ1) is 11.8. The second kappa shape index (κ2) is 6.76. The molecule has 0 fully saturated rings. The summed E-state index contributed by atoms with van der Waals surface area (Å²) in [5.74, 6) is 0.249. The first-order valence-corrected chi connectivity index (χ1v) is 8.69. The summed E-state index contributed by atoms with van der Waals surface area (Å²) in [6.45, 7) is 5.93. The van der Waals surface area contributed by atoms with Gasteiger partial charge in [0.2, 0.25) is 5.91 Å². The van der Waals surface area contributed by atoms with Crippen LogP contribution in [-0.4, -0.2) is 28.0 Å². The highest BCUT2D eigenvalue weighted by Gasteiger charge is 2.15. The number of nitrogens with zero attached hydrogens (tertiary/aromatic N) is 2. The van der Waals surface area contributed by atoms with Gasteiger partial charge in [0, 0.05) is 10.4 Å². The van der Waals surface area contributed by atoms with Gasteiger partial charge in [-0.25, -0.2) is 14.4 Å². The number of benzene rings is 1. The molecule has 0 atom stereocenters. The molecular formula is C18H19FN4OS. The van der Waals surface area contributed by atoms with Crippen molar-refractivity contribution in [3.8, 4) is 10.4 Å². The Balaban J connectivity index is 1.82. The number of hydrogen-bond acceptors (Lipinski definition) is 5. The van der Waals surface area contributed by atoms with Crippen LogP contribution in [0.1, 0.15) is 20.8 Å². The van der Waals surface area contributed by atoms with E-state index in [0.29, 0.717) is 5.82 Å². The summed E-state index contributed by atoms with van der Waals surface area (Å²) in [6, 6.07) is 8.27. The van der Waals surface area contributed by atoms with E-state index in [0.717, 1.165) is 20.7 Å². The third-order valence-corrected chi connectivity index (χ3v) is 4.55. The van der Waals surface area contributed by atoms with Crippen LogP contribution in [0.5, 0.6) is 0 Å². The lowest BCUT2D eigenvalue weighted by Crippen LogP contribution is -2.43. The standard InChI is InChI=1S/C18H19FN4OS/c1-18(2,3)23-15(24)9-20-17-16-13(21-10-22-17)8-14(25-16)11-4-6-12(19)7-5-11/h4-8,10H,9H2,1-3H3,(H,23,24)(H,20,21,22). The van der Waals surface area contributed by atoms with E-state index in [9.17, 15) is 9.18 Å². The Hall–Kier alpha value is -2.54. The largest absolute Gasteiger partial charge is 0.360 e. The average molecular weight is 358 g/mol. The number of aromatic nitrogens is 2. The molecule has 2 heterocycles. The maximum atomic E-state index is 13.1. The van der Waals surface area contributed by atoms with Gasteiger partial charge in [0.05, 0.1) is 16.8 Å².